The van der Waals surface area contributed by atoms with Crippen LogP contribution in [-0.2, 0) is 4.79 Å². The number of nitrogens with zero attached hydrogens (tertiary/aromatic N) is 1. The zero-order valence-electron chi connectivity index (χ0n) is 15.4. The number of benzene rings is 1. The van der Waals surface area contributed by atoms with E-state index in [-0.39, 0.29) is 18.0 Å². The van der Waals surface area contributed by atoms with Crippen molar-refractivity contribution in [2.24, 2.45) is 11.7 Å². The topological polar surface area (TPSA) is 58.4 Å². The first-order valence-corrected chi connectivity index (χ1v) is 10.4. The molecule has 0 aliphatic carbocycles. The predicted molar refractivity (Wildman–Crippen MR) is 108 cm³/mol. The lowest BCUT2D eigenvalue weighted by atomic mass is 9.97. The number of carbonyl (C=O) groups is 1. The van der Waals surface area contributed by atoms with Gasteiger partial charge in [0.15, 0.2) is 0 Å². The van der Waals surface area contributed by atoms with Crippen molar-refractivity contribution >= 4 is 17.2 Å². The molecule has 5 heteroatoms. The molecule has 1 aliphatic rings. The van der Waals surface area contributed by atoms with Gasteiger partial charge in [-0.15, -0.1) is 11.3 Å². The normalized spacial score (nSPS) is 18.4. The summed E-state index contributed by atoms with van der Waals surface area (Å²) in [5.41, 5.74) is 7.19. The van der Waals surface area contributed by atoms with E-state index < -0.39 is 0 Å². The highest BCUT2D eigenvalue weighted by atomic mass is 32.1. The Morgan fingerprint density at radius 3 is 2.62 bits per heavy atom. The molecule has 2 unspecified atom stereocenters. The first-order chi connectivity index (χ1) is 12.6. The minimum absolute atomic E-state index is 0.0216. The summed E-state index contributed by atoms with van der Waals surface area (Å²) in [6.45, 7) is 5.17. The van der Waals surface area contributed by atoms with E-state index in [1.807, 2.05) is 30.3 Å². The zero-order chi connectivity index (χ0) is 18.4. The predicted octanol–water partition coefficient (Wildman–Crippen LogP) is 3.73. The largest absolute Gasteiger partial charge is 0.354 e. The van der Waals surface area contributed by atoms with Gasteiger partial charge in [-0.1, -0.05) is 43.3 Å². The van der Waals surface area contributed by atoms with E-state index >= 15 is 0 Å². The van der Waals surface area contributed by atoms with Gasteiger partial charge in [-0.3, -0.25) is 9.69 Å². The van der Waals surface area contributed by atoms with E-state index in [2.05, 4.69) is 34.7 Å². The van der Waals surface area contributed by atoms with Gasteiger partial charge in [0.25, 0.3) is 0 Å². The first-order valence-electron chi connectivity index (χ1n) is 9.48. The standard InChI is InChI=1S/C21H29N3OS/c1-16-9-11-24(12-10-16)19(20-8-5-13-26-20)15-23-21(25)14-18(22)17-6-3-2-4-7-17/h2-8,13,16,18-19H,9-12,14-15,22H2,1H3,(H,23,25). The van der Waals surface area contributed by atoms with Crippen molar-refractivity contribution in [1.29, 1.82) is 0 Å². The van der Waals surface area contributed by atoms with Gasteiger partial charge in [0.2, 0.25) is 5.91 Å². The van der Waals surface area contributed by atoms with Crippen LogP contribution in [0.2, 0.25) is 0 Å². The molecule has 0 spiro atoms. The van der Waals surface area contributed by atoms with Gasteiger partial charge in [0.05, 0.1) is 6.04 Å². The van der Waals surface area contributed by atoms with E-state index in [0.29, 0.717) is 13.0 Å². The number of thiophene rings is 1. The smallest absolute Gasteiger partial charge is 0.221 e. The number of hydrogen-bond acceptors (Lipinski definition) is 4. The highest BCUT2D eigenvalue weighted by Crippen LogP contribution is 2.29. The van der Waals surface area contributed by atoms with Crippen molar-refractivity contribution in [2.75, 3.05) is 19.6 Å². The molecule has 2 aromatic rings. The molecular weight excluding hydrogens is 342 g/mol. The average Bonchev–Trinajstić information content (AvgIpc) is 3.18. The minimum atomic E-state index is -0.257. The molecule has 0 bridgehead atoms. The Balaban J connectivity index is 1.56. The van der Waals surface area contributed by atoms with E-state index in [4.69, 9.17) is 5.73 Å². The molecule has 1 aliphatic heterocycles. The lowest BCUT2D eigenvalue weighted by Gasteiger charge is -2.36. The van der Waals surface area contributed by atoms with Crippen molar-refractivity contribution in [3.63, 3.8) is 0 Å². The summed E-state index contributed by atoms with van der Waals surface area (Å²) in [7, 11) is 0. The van der Waals surface area contributed by atoms with Crippen LogP contribution in [0, 0.1) is 5.92 Å². The fourth-order valence-electron chi connectivity index (χ4n) is 3.53. The van der Waals surface area contributed by atoms with Gasteiger partial charge in [0, 0.05) is 23.9 Å². The summed E-state index contributed by atoms with van der Waals surface area (Å²) < 4.78 is 0. The minimum Gasteiger partial charge on any atom is -0.354 e. The summed E-state index contributed by atoms with van der Waals surface area (Å²) in [5.74, 6) is 0.821. The lowest BCUT2D eigenvalue weighted by Crippen LogP contribution is -2.42. The van der Waals surface area contributed by atoms with Gasteiger partial charge < -0.3 is 11.1 Å². The Morgan fingerprint density at radius 2 is 1.96 bits per heavy atom. The van der Waals surface area contributed by atoms with Gasteiger partial charge >= 0.3 is 0 Å². The maximum Gasteiger partial charge on any atom is 0.221 e. The second-order valence-corrected chi connectivity index (χ2v) is 8.25. The summed E-state index contributed by atoms with van der Waals surface area (Å²) in [4.78, 5) is 16.3. The maximum atomic E-state index is 12.4. The third-order valence-corrected chi connectivity index (χ3v) is 6.23. The van der Waals surface area contributed by atoms with Crippen LogP contribution < -0.4 is 11.1 Å². The monoisotopic (exact) mass is 371 g/mol. The second-order valence-electron chi connectivity index (χ2n) is 7.28. The third-order valence-electron chi connectivity index (χ3n) is 5.26. The molecule has 0 radical (unpaired) electrons. The molecule has 140 valence electrons. The van der Waals surface area contributed by atoms with Crippen LogP contribution in [0.15, 0.2) is 47.8 Å². The molecule has 1 aromatic carbocycles. The highest BCUT2D eigenvalue weighted by Gasteiger charge is 2.26. The highest BCUT2D eigenvalue weighted by molar-refractivity contribution is 7.10. The Kier molecular flexibility index (Phi) is 6.83. The number of nitrogens with two attached hydrogens (primary N) is 1. The van der Waals surface area contributed by atoms with E-state index in [0.717, 1.165) is 24.6 Å². The molecule has 1 aromatic heterocycles. The number of hydrogen-bond donors (Lipinski definition) is 2. The van der Waals surface area contributed by atoms with Crippen LogP contribution >= 0.6 is 11.3 Å². The summed E-state index contributed by atoms with van der Waals surface area (Å²) in [6.07, 6.45) is 2.78. The quantitative estimate of drug-likeness (QED) is 0.780. The Morgan fingerprint density at radius 1 is 1.23 bits per heavy atom. The number of rotatable bonds is 7. The number of piperidine rings is 1. The molecular formula is C21H29N3OS. The zero-order valence-corrected chi connectivity index (χ0v) is 16.3. The van der Waals surface area contributed by atoms with Gasteiger partial charge in [0.1, 0.15) is 0 Å². The molecule has 2 heterocycles. The maximum absolute atomic E-state index is 12.4. The van der Waals surface area contributed by atoms with Crippen LogP contribution in [0.3, 0.4) is 0 Å². The van der Waals surface area contributed by atoms with Crippen molar-refractivity contribution in [2.45, 2.75) is 38.3 Å². The van der Waals surface area contributed by atoms with Gasteiger partial charge in [-0.2, -0.15) is 0 Å². The molecule has 4 nitrogen and oxygen atoms in total. The number of amides is 1. The second kappa shape index (κ2) is 9.31. The average molecular weight is 372 g/mol. The van der Waals surface area contributed by atoms with Crippen LogP contribution in [-0.4, -0.2) is 30.4 Å². The van der Waals surface area contributed by atoms with Crippen LogP contribution in [0.1, 0.15) is 48.7 Å². The first kappa shape index (κ1) is 19.1. The number of likely N-dealkylation sites (tertiary alicyclic amines) is 1. The SMILES string of the molecule is CC1CCN(C(CNC(=O)CC(N)c2ccccc2)c2cccs2)CC1. The van der Waals surface area contributed by atoms with Crippen LogP contribution in [0.4, 0.5) is 0 Å². The van der Waals surface area contributed by atoms with Gasteiger partial charge in [-0.25, -0.2) is 0 Å². The number of nitrogens with one attached hydrogen (secondary N) is 1. The fraction of sp³-hybridized carbons (Fsp3) is 0.476. The van der Waals surface area contributed by atoms with Crippen molar-refractivity contribution < 1.29 is 4.79 Å². The summed E-state index contributed by atoms with van der Waals surface area (Å²) in [5, 5.41) is 5.24. The van der Waals surface area contributed by atoms with Crippen molar-refractivity contribution in [3.8, 4) is 0 Å². The van der Waals surface area contributed by atoms with E-state index in [1.54, 1.807) is 11.3 Å². The summed E-state index contributed by atoms with van der Waals surface area (Å²) in [6, 6.07) is 14.1. The van der Waals surface area contributed by atoms with E-state index in [1.165, 1.54) is 17.7 Å². The molecule has 3 rings (SSSR count). The molecule has 26 heavy (non-hydrogen) atoms. The van der Waals surface area contributed by atoms with Crippen LogP contribution in [0.25, 0.3) is 0 Å². The Labute approximate surface area is 160 Å². The fourth-order valence-corrected chi connectivity index (χ4v) is 4.39. The molecule has 2 atom stereocenters. The van der Waals surface area contributed by atoms with Crippen LogP contribution in [0.5, 0.6) is 0 Å². The van der Waals surface area contributed by atoms with Gasteiger partial charge in [-0.05, 0) is 48.9 Å². The Hall–Kier alpha value is -1.69. The molecule has 0 saturated carbocycles. The Bertz CT molecular complexity index is 666. The number of carbonyl (C=O) groups excluding carboxylic acids is 1. The lowest BCUT2D eigenvalue weighted by molar-refractivity contribution is -0.121. The third kappa shape index (κ3) is 5.16. The van der Waals surface area contributed by atoms with Crippen molar-refractivity contribution in [1.82, 2.24) is 10.2 Å². The summed E-state index contributed by atoms with van der Waals surface area (Å²) >= 11 is 1.77. The molecule has 1 amide bonds. The van der Waals surface area contributed by atoms with E-state index in [9.17, 15) is 4.79 Å². The molecule has 3 N–H and O–H groups in total. The van der Waals surface area contributed by atoms with Crippen molar-refractivity contribution in [3.05, 3.63) is 58.3 Å². The molecule has 1 fully saturated rings. The molecule has 1 saturated heterocycles.